The van der Waals surface area contributed by atoms with Crippen LogP contribution >= 0.6 is 23.2 Å². The first-order chi connectivity index (χ1) is 21.1. The molecule has 0 heterocycles. The molecule has 1 amide bonds. The van der Waals surface area contributed by atoms with Crippen molar-refractivity contribution in [1.29, 1.82) is 0 Å². The number of methoxy groups -OCH3 is 2. The van der Waals surface area contributed by atoms with Gasteiger partial charge in [-0.1, -0.05) is 47.0 Å². The van der Waals surface area contributed by atoms with Crippen molar-refractivity contribution in [2.75, 3.05) is 32.3 Å². The van der Waals surface area contributed by atoms with Gasteiger partial charge in [-0.25, -0.2) is 4.79 Å². The van der Waals surface area contributed by atoms with Gasteiger partial charge in [0.2, 0.25) is 0 Å². The molecular formula is C33H29Cl2NO8. The Balaban J connectivity index is 1.63. The van der Waals surface area contributed by atoms with Gasteiger partial charge in [0.15, 0.2) is 11.5 Å². The minimum Gasteiger partial charge on any atom is -0.497 e. The molecule has 4 aromatic carbocycles. The monoisotopic (exact) mass is 637 g/mol. The summed E-state index contributed by atoms with van der Waals surface area (Å²) in [4.78, 5) is 40.0. The molecule has 4 aromatic rings. The fraction of sp³-hybridized carbons (Fsp3) is 0.182. The predicted molar refractivity (Wildman–Crippen MR) is 167 cm³/mol. The molecule has 0 saturated heterocycles. The second-order valence-corrected chi connectivity index (χ2v) is 10.2. The number of ketones is 1. The lowest BCUT2D eigenvalue weighted by Gasteiger charge is -2.22. The van der Waals surface area contributed by atoms with Crippen molar-refractivity contribution in [2.45, 2.75) is 13.8 Å². The Hall–Kier alpha value is -4.73. The molecule has 0 aliphatic carbocycles. The number of nitrogens with zero attached hydrogens (tertiary/aromatic N) is 1. The molecule has 0 saturated carbocycles. The maximum atomic E-state index is 13.3. The van der Waals surface area contributed by atoms with Crippen LogP contribution in [-0.4, -0.2) is 45.2 Å². The highest BCUT2D eigenvalue weighted by molar-refractivity contribution is 6.37. The number of esters is 1. The van der Waals surface area contributed by atoms with Gasteiger partial charge >= 0.3 is 12.1 Å². The average Bonchev–Trinajstić information content (AvgIpc) is 3.01. The molecule has 0 aliphatic heterocycles. The summed E-state index contributed by atoms with van der Waals surface area (Å²) in [6.07, 6.45) is -0.876. The minimum absolute atomic E-state index is 0.0287. The summed E-state index contributed by atoms with van der Waals surface area (Å²) in [7, 11) is 2.98. The molecule has 0 unspecified atom stereocenters. The van der Waals surface area contributed by atoms with E-state index < -0.39 is 18.6 Å². The van der Waals surface area contributed by atoms with Crippen LogP contribution < -0.4 is 23.8 Å². The van der Waals surface area contributed by atoms with Crippen LogP contribution in [0.2, 0.25) is 10.0 Å². The van der Waals surface area contributed by atoms with Gasteiger partial charge in [-0.05, 0) is 74.5 Å². The third kappa shape index (κ3) is 7.80. The van der Waals surface area contributed by atoms with Crippen molar-refractivity contribution >= 4 is 46.7 Å². The molecule has 0 radical (unpaired) electrons. The maximum absolute atomic E-state index is 13.3. The van der Waals surface area contributed by atoms with E-state index in [1.165, 1.54) is 32.4 Å². The van der Waals surface area contributed by atoms with Crippen LogP contribution in [0.15, 0.2) is 78.9 Å². The Bertz CT molecular complexity index is 1650. The molecule has 44 heavy (non-hydrogen) atoms. The second-order valence-electron chi connectivity index (χ2n) is 9.34. The Labute approximate surface area is 264 Å². The molecule has 0 aliphatic rings. The predicted octanol–water partition coefficient (Wildman–Crippen LogP) is 7.91. The Morgan fingerprint density at radius 3 is 2.07 bits per heavy atom. The van der Waals surface area contributed by atoms with Gasteiger partial charge in [0.1, 0.15) is 29.5 Å². The Morgan fingerprint density at radius 1 is 0.795 bits per heavy atom. The molecule has 228 valence electrons. The number of ether oxygens (including phenoxy) is 5. The van der Waals surface area contributed by atoms with E-state index in [0.29, 0.717) is 17.1 Å². The van der Waals surface area contributed by atoms with Gasteiger partial charge in [0.05, 0.1) is 42.1 Å². The molecule has 4 rings (SSSR count). The Kier molecular flexibility index (Phi) is 10.7. The summed E-state index contributed by atoms with van der Waals surface area (Å²) in [5.74, 6) is 0.560. The first kappa shape index (κ1) is 32.2. The summed E-state index contributed by atoms with van der Waals surface area (Å²) in [5.41, 5.74) is 1.86. The number of halogens is 2. The number of hydrogen-bond acceptors (Lipinski definition) is 8. The number of anilines is 1. The summed E-state index contributed by atoms with van der Waals surface area (Å²) in [6.45, 7) is 3.19. The van der Waals surface area contributed by atoms with Crippen LogP contribution in [0.1, 0.15) is 28.4 Å². The molecule has 9 nitrogen and oxygen atoms in total. The third-order valence-electron chi connectivity index (χ3n) is 6.29. The smallest absolute Gasteiger partial charge is 0.420 e. The van der Waals surface area contributed by atoms with E-state index in [4.69, 9.17) is 46.9 Å². The highest BCUT2D eigenvalue weighted by atomic mass is 35.5. The van der Waals surface area contributed by atoms with Crippen LogP contribution in [0.25, 0.3) is 0 Å². The van der Waals surface area contributed by atoms with E-state index in [-0.39, 0.29) is 50.9 Å². The number of carbonyl (C=O) groups is 3. The zero-order valence-electron chi connectivity index (χ0n) is 24.4. The van der Waals surface area contributed by atoms with Gasteiger partial charge in [0.25, 0.3) is 0 Å². The highest BCUT2D eigenvalue weighted by Crippen LogP contribution is 2.41. The summed E-state index contributed by atoms with van der Waals surface area (Å²) in [5, 5.41) is 0.0574. The van der Waals surface area contributed by atoms with E-state index in [1.807, 2.05) is 13.0 Å². The van der Waals surface area contributed by atoms with Gasteiger partial charge in [-0.3, -0.25) is 14.5 Å². The fourth-order valence-electron chi connectivity index (χ4n) is 4.18. The van der Waals surface area contributed by atoms with Crippen molar-refractivity contribution in [2.24, 2.45) is 0 Å². The topological polar surface area (TPSA) is 101 Å². The van der Waals surface area contributed by atoms with E-state index in [2.05, 4.69) is 0 Å². The normalized spacial score (nSPS) is 10.5. The lowest BCUT2D eigenvalue weighted by molar-refractivity contribution is -0.141. The van der Waals surface area contributed by atoms with Crippen LogP contribution in [-0.2, 0) is 9.53 Å². The minimum atomic E-state index is -0.876. The lowest BCUT2D eigenvalue weighted by atomic mass is 10.0. The largest absolute Gasteiger partial charge is 0.497 e. The molecule has 0 N–H and O–H groups in total. The van der Waals surface area contributed by atoms with Crippen molar-refractivity contribution in [3.8, 4) is 28.7 Å². The fourth-order valence-corrected chi connectivity index (χ4v) is 4.74. The zero-order valence-corrected chi connectivity index (χ0v) is 25.9. The molecule has 11 heteroatoms. The highest BCUT2D eigenvalue weighted by Gasteiger charge is 2.25. The molecule has 0 fully saturated rings. The van der Waals surface area contributed by atoms with Gasteiger partial charge in [-0.15, -0.1) is 0 Å². The molecule has 0 bridgehead atoms. The Morgan fingerprint density at radius 2 is 1.45 bits per heavy atom. The van der Waals surface area contributed by atoms with Crippen LogP contribution in [0, 0.1) is 6.92 Å². The van der Waals surface area contributed by atoms with Crippen LogP contribution in [0.3, 0.4) is 0 Å². The van der Waals surface area contributed by atoms with E-state index >= 15 is 0 Å². The van der Waals surface area contributed by atoms with Crippen molar-refractivity contribution in [3.63, 3.8) is 0 Å². The number of rotatable bonds is 11. The van der Waals surface area contributed by atoms with Crippen molar-refractivity contribution in [3.05, 3.63) is 106 Å². The summed E-state index contributed by atoms with van der Waals surface area (Å²) in [6, 6.07) is 21.1. The quantitative estimate of drug-likeness (QED) is 0.121. The lowest BCUT2D eigenvalue weighted by Crippen LogP contribution is -2.38. The van der Waals surface area contributed by atoms with Crippen LogP contribution in [0.4, 0.5) is 10.5 Å². The standard InChI is InChI=1S/C33H29Cl2NO8/c1-5-42-30(37)19-36(33(39)44-24-11-9-23(40-3)10-12-24)22-16-27(34)32(28(35)17-22)43-25-13-14-29(41-4)26(18-25)31(38)21-8-6-7-20(2)15-21/h6-18H,5,19H2,1-4H3. The van der Waals surface area contributed by atoms with E-state index in [1.54, 1.807) is 61.5 Å². The number of benzene rings is 4. The molecule has 0 atom stereocenters. The van der Waals surface area contributed by atoms with Crippen LogP contribution in [0.5, 0.6) is 28.7 Å². The average molecular weight is 639 g/mol. The van der Waals surface area contributed by atoms with E-state index in [9.17, 15) is 14.4 Å². The number of amides is 1. The molecular weight excluding hydrogens is 609 g/mol. The molecule has 0 spiro atoms. The SMILES string of the molecule is CCOC(=O)CN(C(=O)Oc1ccc(OC)cc1)c1cc(Cl)c(Oc2ccc(OC)c(C(=O)c3cccc(C)c3)c2)c(Cl)c1. The van der Waals surface area contributed by atoms with E-state index in [0.717, 1.165) is 10.5 Å². The number of aryl methyl sites for hydroxylation is 1. The number of carbonyl (C=O) groups excluding carboxylic acids is 3. The first-order valence-electron chi connectivity index (χ1n) is 13.4. The zero-order chi connectivity index (χ0) is 31.8. The summed E-state index contributed by atoms with van der Waals surface area (Å²) < 4.78 is 27.1. The van der Waals surface area contributed by atoms with Crippen molar-refractivity contribution < 1.29 is 38.1 Å². The third-order valence-corrected chi connectivity index (χ3v) is 6.85. The number of hydrogen-bond donors (Lipinski definition) is 0. The second kappa shape index (κ2) is 14.6. The first-order valence-corrected chi connectivity index (χ1v) is 14.1. The molecule has 0 aromatic heterocycles. The van der Waals surface area contributed by atoms with Gasteiger partial charge < -0.3 is 23.7 Å². The van der Waals surface area contributed by atoms with Gasteiger partial charge in [-0.2, -0.15) is 0 Å². The van der Waals surface area contributed by atoms with Gasteiger partial charge in [0, 0.05) is 5.56 Å². The van der Waals surface area contributed by atoms with Crippen molar-refractivity contribution in [1.82, 2.24) is 0 Å². The summed E-state index contributed by atoms with van der Waals surface area (Å²) >= 11 is 13.2. The maximum Gasteiger partial charge on any atom is 0.420 e.